The van der Waals surface area contributed by atoms with Gasteiger partial charge in [0, 0.05) is 29.6 Å². The molecule has 3 rings (SSSR count). The van der Waals surface area contributed by atoms with Gasteiger partial charge in [0.25, 0.3) is 0 Å². The van der Waals surface area contributed by atoms with Gasteiger partial charge in [0.2, 0.25) is 0 Å². The summed E-state index contributed by atoms with van der Waals surface area (Å²) < 4.78 is 18.2. The van der Waals surface area contributed by atoms with E-state index in [1.165, 1.54) is 0 Å². The molecule has 1 heterocycles. The lowest BCUT2D eigenvalue weighted by molar-refractivity contribution is 0.415. The molecule has 0 aliphatic carbocycles. The molecule has 1 aliphatic rings. The largest absolute Gasteiger partial charge is 0.497 e. The second-order valence-corrected chi connectivity index (χ2v) is 7.39. The molecule has 0 fully saturated rings. The van der Waals surface area contributed by atoms with Crippen LogP contribution in [0.3, 0.4) is 0 Å². The molecule has 2 aromatic rings. The van der Waals surface area contributed by atoms with E-state index in [9.17, 15) is 4.21 Å². The van der Waals surface area contributed by atoms with Gasteiger partial charge >= 0.3 is 0 Å². The number of aliphatic imine (C=N–C) groups is 1. The Morgan fingerprint density at radius 2 is 1.89 bits per heavy atom. The highest BCUT2D eigenvalue weighted by Crippen LogP contribution is 2.30. The third-order valence-electron chi connectivity index (χ3n) is 4.39. The molecule has 27 heavy (non-hydrogen) atoms. The van der Waals surface area contributed by atoms with Crippen molar-refractivity contribution in [2.45, 2.75) is 18.7 Å². The molecule has 6 nitrogen and oxygen atoms in total. The summed E-state index contributed by atoms with van der Waals surface area (Å²) in [5.74, 6) is 1.93. The summed E-state index contributed by atoms with van der Waals surface area (Å²) in [4.78, 5) is 7.50. The van der Waals surface area contributed by atoms with Gasteiger partial charge < -0.3 is 20.7 Å². The van der Waals surface area contributed by atoms with Crippen molar-refractivity contribution in [3.63, 3.8) is 0 Å². The van der Waals surface area contributed by atoms with E-state index in [0.717, 1.165) is 35.9 Å². The van der Waals surface area contributed by atoms with Crippen LogP contribution in [0.2, 0.25) is 0 Å². The minimum absolute atomic E-state index is 0.194. The normalized spacial score (nSPS) is 15.9. The van der Waals surface area contributed by atoms with Gasteiger partial charge in [-0.1, -0.05) is 18.2 Å². The number of fused-ring (bicyclic) bond motifs is 1. The van der Waals surface area contributed by atoms with Gasteiger partial charge in [-0.15, -0.1) is 0 Å². The van der Waals surface area contributed by atoms with Gasteiger partial charge in [-0.3, -0.25) is 0 Å². The molecule has 0 saturated heterocycles. The first kappa shape index (κ1) is 19.0. The zero-order valence-electron chi connectivity index (χ0n) is 15.7. The predicted molar refractivity (Wildman–Crippen MR) is 110 cm³/mol. The number of ether oxygens (including phenoxy) is 1. The zero-order valence-corrected chi connectivity index (χ0v) is 16.5. The number of rotatable bonds is 5. The monoisotopic (exact) mass is 384 g/mol. The Labute approximate surface area is 162 Å². The van der Waals surface area contributed by atoms with E-state index in [-0.39, 0.29) is 5.03 Å². The summed E-state index contributed by atoms with van der Waals surface area (Å²) in [7, 11) is 0.121. The van der Waals surface area contributed by atoms with E-state index >= 15 is 0 Å². The lowest BCUT2D eigenvalue weighted by Gasteiger charge is -2.29. The van der Waals surface area contributed by atoms with Gasteiger partial charge in [0.1, 0.15) is 27.4 Å². The highest BCUT2D eigenvalue weighted by Gasteiger charge is 2.24. The first-order valence-electron chi connectivity index (χ1n) is 8.84. The first-order chi connectivity index (χ1) is 13.1. The number of nitrogens with one attached hydrogen (secondary N) is 1. The van der Waals surface area contributed by atoms with Gasteiger partial charge in [0.05, 0.1) is 12.8 Å². The van der Waals surface area contributed by atoms with Crippen molar-refractivity contribution in [2.24, 2.45) is 10.7 Å². The Balaban J connectivity index is 2.10. The summed E-state index contributed by atoms with van der Waals surface area (Å²) in [6.45, 7) is 5.75. The molecule has 0 bridgehead atoms. The Kier molecular flexibility index (Phi) is 5.81. The van der Waals surface area contributed by atoms with Crippen LogP contribution >= 0.6 is 0 Å². The van der Waals surface area contributed by atoms with Crippen LogP contribution in [0, 0.1) is 0 Å². The fourth-order valence-electron chi connectivity index (χ4n) is 2.91. The van der Waals surface area contributed by atoms with Gasteiger partial charge in [0.15, 0.2) is 5.82 Å². The molecule has 1 aliphatic heterocycles. The van der Waals surface area contributed by atoms with Crippen molar-refractivity contribution >= 4 is 22.3 Å². The number of methoxy groups -OCH3 is 1. The second-order valence-electron chi connectivity index (χ2n) is 5.94. The van der Waals surface area contributed by atoms with Gasteiger partial charge in [-0.25, -0.2) is 9.20 Å². The minimum atomic E-state index is -1.50. The van der Waals surface area contributed by atoms with E-state index < -0.39 is 10.8 Å². The Bertz CT molecular complexity index is 905. The molecule has 0 spiro atoms. The van der Waals surface area contributed by atoms with E-state index in [4.69, 9.17) is 15.5 Å². The quantitative estimate of drug-likeness (QED) is 0.828. The first-order valence-corrected chi connectivity index (χ1v) is 9.99. The maximum Gasteiger partial charge on any atom is 0.165 e. The molecule has 2 aromatic carbocycles. The minimum Gasteiger partial charge on any atom is -0.497 e. The molecule has 0 amide bonds. The highest BCUT2D eigenvalue weighted by atomic mass is 32.2. The summed E-state index contributed by atoms with van der Waals surface area (Å²) in [5, 5.41) is 3.42. The number of hydrogen-bond acceptors (Lipinski definition) is 6. The van der Waals surface area contributed by atoms with Crippen LogP contribution in [-0.2, 0) is 10.8 Å². The van der Waals surface area contributed by atoms with Crippen LogP contribution < -0.4 is 15.8 Å². The van der Waals surface area contributed by atoms with Crippen LogP contribution in [-0.4, -0.2) is 35.1 Å². The number of nitrogens with two attached hydrogens (primary N) is 1. The molecule has 142 valence electrons. The van der Waals surface area contributed by atoms with Crippen molar-refractivity contribution in [3.8, 4) is 5.75 Å². The Morgan fingerprint density at radius 1 is 1.19 bits per heavy atom. The van der Waals surface area contributed by atoms with E-state index in [1.54, 1.807) is 19.2 Å². The van der Waals surface area contributed by atoms with Gasteiger partial charge in [-0.2, -0.15) is 0 Å². The maximum atomic E-state index is 12.9. The number of nitrogens with zero attached hydrogens (tertiary/aromatic N) is 2. The molecule has 3 N–H and O–H groups in total. The van der Waals surface area contributed by atoms with E-state index in [0.29, 0.717) is 10.7 Å². The van der Waals surface area contributed by atoms with Crippen LogP contribution in [0.4, 0.5) is 5.69 Å². The molecular formula is C20H24N4O2S. The maximum absolute atomic E-state index is 12.9. The van der Waals surface area contributed by atoms with Crippen LogP contribution in [0.15, 0.2) is 69.3 Å². The summed E-state index contributed by atoms with van der Waals surface area (Å²) in [5.41, 5.74) is 8.04. The van der Waals surface area contributed by atoms with Crippen LogP contribution in [0.1, 0.15) is 19.4 Å². The molecule has 0 saturated carbocycles. The zero-order chi connectivity index (χ0) is 19.4. The second kappa shape index (κ2) is 8.26. The standard InChI is InChI=1S/C20H24N4O2S/c1-4-24(5-2)20-16-12-11-14(26-3)13-17(16)22-19(23-20)18(21)27(25)15-9-7-6-8-10-15/h6-13,22H,4-5,21H2,1-3H3/b19-18-. The third-order valence-corrected chi connectivity index (χ3v) is 5.68. The van der Waals surface area contributed by atoms with Crippen molar-refractivity contribution in [1.82, 2.24) is 4.90 Å². The summed E-state index contributed by atoms with van der Waals surface area (Å²) in [6, 6.07) is 14.9. The summed E-state index contributed by atoms with van der Waals surface area (Å²) >= 11 is 0. The summed E-state index contributed by atoms with van der Waals surface area (Å²) in [6.07, 6.45) is 0. The molecule has 1 unspecified atom stereocenters. The molecule has 1 atom stereocenters. The smallest absolute Gasteiger partial charge is 0.165 e. The van der Waals surface area contributed by atoms with Crippen LogP contribution in [0.5, 0.6) is 5.75 Å². The molecule has 0 radical (unpaired) electrons. The van der Waals surface area contributed by atoms with Crippen molar-refractivity contribution in [2.75, 3.05) is 25.5 Å². The number of benzene rings is 2. The fraction of sp³-hybridized carbons (Fsp3) is 0.250. The molecule has 7 heteroatoms. The van der Waals surface area contributed by atoms with Crippen molar-refractivity contribution in [3.05, 3.63) is 64.9 Å². The molecular weight excluding hydrogens is 360 g/mol. The number of anilines is 1. The topological polar surface area (TPSA) is 80.0 Å². The average Bonchev–Trinajstić information content (AvgIpc) is 2.73. The lowest BCUT2D eigenvalue weighted by atomic mass is 10.1. The fourth-order valence-corrected chi connectivity index (χ4v) is 3.84. The average molecular weight is 385 g/mol. The van der Waals surface area contributed by atoms with Crippen LogP contribution in [0.25, 0.3) is 0 Å². The van der Waals surface area contributed by atoms with Gasteiger partial charge in [-0.05, 0) is 38.1 Å². The van der Waals surface area contributed by atoms with E-state index in [1.807, 2.05) is 36.4 Å². The number of hydrogen-bond donors (Lipinski definition) is 2. The highest BCUT2D eigenvalue weighted by molar-refractivity contribution is 7.89. The third kappa shape index (κ3) is 3.83. The van der Waals surface area contributed by atoms with Crippen molar-refractivity contribution < 1.29 is 8.95 Å². The molecule has 0 aromatic heterocycles. The van der Waals surface area contributed by atoms with E-state index in [2.05, 4.69) is 24.1 Å². The van der Waals surface area contributed by atoms with Crippen molar-refractivity contribution in [1.29, 1.82) is 0 Å². The Morgan fingerprint density at radius 3 is 2.52 bits per heavy atom. The Hall–Kier alpha value is -2.80. The predicted octanol–water partition coefficient (Wildman–Crippen LogP) is 3.10. The lowest BCUT2D eigenvalue weighted by Crippen LogP contribution is -2.34. The SMILES string of the molecule is CCN(CC)C1=N/C(=C(/N)S(=O)c2ccccc2)Nc2cc(OC)ccc21. The number of amidine groups is 1.